The standard InChI is InChI=1S/C23H33BrN2O5S/c1-6-9-25(13(4)5)21(29)19-23-11-15(24)18(32-23)16(22(30)31-10-7-2)17(23)20(28)26(19)14(8-3)12-27/h6-7,13-19,27H,1-2,8-12H2,3-5H3/t14-,15?,16+,17-,18+,19?,23?/m0/s1. The molecule has 0 saturated carbocycles. The predicted octanol–water partition coefficient (Wildman–Crippen LogP) is 2.37. The Hall–Kier alpha value is -1.32. The summed E-state index contributed by atoms with van der Waals surface area (Å²) in [5.74, 6) is -2.12. The van der Waals surface area contributed by atoms with Crippen molar-refractivity contribution in [1.82, 2.24) is 9.80 Å². The number of fused-ring (bicyclic) bond motifs is 1. The van der Waals surface area contributed by atoms with Crippen LogP contribution in [0.4, 0.5) is 0 Å². The second-order valence-corrected chi connectivity index (χ2v) is 11.7. The number of rotatable bonds is 10. The molecule has 7 atom stereocenters. The van der Waals surface area contributed by atoms with Crippen LogP contribution < -0.4 is 0 Å². The molecule has 0 radical (unpaired) electrons. The second-order valence-electron chi connectivity index (χ2n) is 8.95. The lowest BCUT2D eigenvalue weighted by Crippen LogP contribution is -2.58. The first-order chi connectivity index (χ1) is 15.2. The van der Waals surface area contributed by atoms with Gasteiger partial charge in [0.25, 0.3) is 0 Å². The van der Waals surface area contributed by atoms with Crippen molar-refractivity contribution in [2.75, 3.05) is 19.8 Å². The minimum atomic E-state index is -0.758. The van der Waals surface area contributed by atoms with Crippen LogP contribution in [0, 0.1) is 11.8 Å². The number of alkyl halides is 1. The Labute approximate surface area is 202 Å². The molecule has 3 fully saturated rings. The van der Waals surface area contributed by atoms with E-state index in [1.807, 2.05) is 20.8 Å². The van der Waals surface area contributed by atoms with E-state index in [2.05, 4.69) is 29.1 Å². The Morgan fingerprint density at radius 1 is 1.41 bits per heavy atom. The molecule has 0 aliphatic carbocycles. The van der Waals surface area contributed by atoms with Crippen LogP contribution in [-0.4, -0.2) is 85.4 Å². The van der Waals surface area contributed by atoms with Crippen LogP contribution in [0.3, 0.4) is 0 Å². The number of ether oxygens (including phenoxy) is 1. The first kappa shape index (κ1) is 25.3. The van der Waals surface area contributed by atoms with Gasteiger partial charge in [-0.15, -0.1) is 18.3 Å². The normalized spacial score (nSPS) is 33.9. The molecule has 9 heteroatoms. The van der Waals surface area contributed by atoms with E-state index < -0.39 is 34.6 Å². The molecule has 3 aliphatic rings. The molecule has 3 heterocycles. The summed E-state index contributed by atoms with van der Waals surface area (Å²) in [5.41, 5.74) is 0. The predicted molar refractivity (Wildman–Crippen MR) is 128 cm³/mol. The van der Waals surface area contributed by atoms with E-state index in [1.165, 1.54) is 6.08 Å². The third-order valence-electron chi connectivity index (χ3n) is 6.88. The van der Waals surface area contributed by atoms with Gasteiger partial charge in [-0.3, -0.25) is 14.4 Å². The average molecular weight is 529 g/mol. The van der Waals surface area contributed by atoms with Gasteiger partial charge in [0.05, 0.1) is 29.2 Å². The van der Waals surface area contributed by atoms with Gasteiger partial charge in [0, 0.05) is 22.7 Å². The summed E-state index contributed by atoms with van der Waals surface area (Å²) >= 11 is 5.28. The van der Waals surface area contributed by atoms with Gasteiger partial charge >= 0.3 is 5.97 Å². The number of halogens is 1. The Bertz CT molecular complexity index is 788. The molecule has 2 amide bonds. The largest absolute Gasteiger partial charge is 0.461 e. The average Bonchev–Trinajstić information content (AvgIpc) is 3.34. The minimum Gasteiger partial charge on any atom is -0.461 e. The zero-order chi connectivity index (χ0) is 23.8. The van der Waals surface area contributed by atoms with Crippen LogP contribution >= 0.6 is 27.7 Å². The lowest BCUT2D eigenvalue weighted by molar-refractivity contribution is -0.153. The fourth-order valence-corrected chi connectivity index (χ4v) is 9.09. The Morgan fingerprint density at radius 3 is 2.62 bits per heavy atom. The molecule has 2 bridgehead atoms. The lowest BCUT2D eigenvalue weighted by Gasteiger charge is -2.40. The van der Waals surface area contributed by atoms with E-state index in [1.54, 1.807) is 27.6 Å². The van der Waals surface area contributed by atoms with Crippen molar-refractivity contribution in [3.05, 3.63) is 25.3 Å². The van der Waals surface area contributed by atoms with E-state index in [-0.39, 0.29) is 41.1 Å². The number of hydrogen-bond acceptors (Lipinski definition) is 6. The maximum Gasteiger partial charge on any atom is 0.311 e. The summed E-state index contributed by atoms with van der Waals surface area (Å²) in [6.45, 7) is 13.3. The topological polar surface area (TPSA) is 87.2 Å². The molecule has 1 spiro atoms. The number of carbonyl (C=O) groups excluding carboxylic acids is 3. The fourth-order valence-electron chi connectivity index (χ4n) is 5.51. The fraction of sp³-hybridized carbons (Fsp3) is 0.696. The molecule has 0 aromatic heterocycles. The number of thioether (sulfide) groups is 1. The third-order valence-corrected chi connectivity index (χ3v) is 10.1. The van der Waals surface area contributed by atoms with E-state index in [0.29, 0.717) is 19.4 Å². The number of carbonyl (C=O) groups is 3. The van der Waals surface area contributed by atoms with E-state index in [4.69, 9.17) is 4.74 Å². The molecule has 0 aromatic rings. The van der Waals surface area contributed by atoms with Crippen molar-refractivity contribution >= 4 is 45.5 Å². The van der Waals surface area contributed by atoms with E-state index in [9.17, 15) is 19.5 Å². The summed E-state index contributed by atoms with van der Waals surface area (Å²) in [6, 6.07) is -1.34. The van der Waals surface area contributed by atoms with E-state index in [0.717, 1.165) is 0 Å². The summed E-state index contributed by atoms with van der Waals surface area (Å²) in [5, 5.41) is 9.92. The van der Waals surface area contributed by atoms with Gasteiger partial charge in [0.2, 0.25) is 11.8 Å². The van der Waals surface area contributed by atoms with Crippen molar-refractivity contribution in [2.45, 2.75) is 66.6 Å². The van der Waals surface area contributed by atoms with Crippen LogP contribution in [0.25, 0.3) is 0 Å². The number of nitrogens with zero attached hydrogens (tertiary/aromatic N) is 2. The van der Waals surface area contributed by atoms with Crippen molar-refractivity contribution in [3.63, 3.8) is 0 Å². The van der Waals surface area contributed by atoms with Crippen molar-refractivity contribution in [2.24, 2.45) is 11.8 Å². The van der Waals surface area contributed by atoms with Crippen LogP contribution in [0.5, 0.6) is 0 Å². The van der Waals surface area contributed by atoms with Gasteiger partial charge in [0.15, 0.2) is 0 Å². The zero-order valence-corrected chi connectivity index (χ0v) is 21.3. The lowest BCUT2D eigenvalue weighted by atomic mass is 9.71. The Morgan fingerprint density at radius 2 is 2.09 bits per heavy atom. The zero-order valence-electron chi connectivity index (χ0n) is 18.9. The number of amides is 2. The van der Waals surface area contributed by atoms with Crippen molar-refractivity contribution in [3.8, 4) is 0 Å². The quantitative estimate of drug-likeness (QED) is 0.266. The number of esters is 1. The van der Waals surface area contributed by atoms with Gasteiger partial charge in [-0.1, -0.05) is 41.6 Å². The summed E-state index contributed by atoms with van der Waals surface area (Å²) in [6.07, 6.45) is 4.29. The van der Waals surface area contributed by atoms with Crippen molar-refractivity contribution < 1.29 is 24.2 Å². The highest BCUT2D eigenvalue weighted by atomic mass is 79.9. The second kappa shape index (κ2) is 9.89. The molecule has 3 aliphatic heterocycles. The van der Waals surface area contributed by atoms with Gasteiger partial charge in [-0.25, -0.2) is 0 Å². The van der Waals surface area contributed by atoms with Gasteiger partial charge in [-0.2, -0.15) is 0 Å². The molecular formula is C23H33BrN2O5S. The smallest absolute Gasteiger partial charge is 0.311 e. The van der Waals surface area contributed by atoms with Crippen LogP contribution in [0.2, 0.25) is 0 Å². The first-order valence-electron chi connectivity index (χ1n) is 11.1. The molecule has 3 saturated heterocycles. The van der Waals surface area contributed by atoms with Gasteiger partial charge in [-0.05, 0) is 26.7 Å². The third kappa shape index (κ3) is 3.84. The van der Waals surface area contributed by atoms with Gasteiger partial charge < -0.3 is 19.6 Å². The SMILES string of the molecule is C=CCOC(=O)[C@H]1[C@@H]2SC3(CC2Br)C(C(=O)N(CC=C)C(C)C)N([C@@H](CC)CO)C(=O)[C@H]13. The monoisotopic (exact) mass is 528 g/mol. The first-order valence-corrected chi connectivity index (χ1v) is 12.9. The molecule has 7 nitrogen and oxygen atoms in total. The molecule has 0 aromatic carbocycles. The minimum absolute atomic E-state index is 0.0193. The maximum atomic E-state index is 14.0. The van der Waals surface area contributed by atoms with Crippen LogP contribution in [0.1, 0.15) is 33.6 Å². The summed E-state index contributed by atoms with van der Waals surface area (Å²) in [7, 11) is 0. The highest BCUT2D eigenvalue weighted by molar-refractivity contribution is 9.09. The molecule has 3 rings (SSSR count). The molecule has 32 heavy (non-hydrogen) atoms. The molecule has 3 unspecified atom stereocenters. The van der Waals surface area contributed by atoms with Crippen LogP contribution in [0.15, 0.2) is 25.3 Å². The Kier molecular flexibility index (Phi) is 7.82. The highest BCUT2D eigenvalue weighted by Gasteiger charge is 2.76. The van der Waals surface area contributed by atoms with E-state index >= 15 is 0 Å². The molecule has 178 valence electrons. The maximum absolute atomic E-state index is 14.0. The number of likely N-dealkylation sites (tertiary alicyclic amines) is 1. The van der Waals surface area contributed by atoms with Gasteiger partial charge in [0.1, 0.15) is 12.6 Å². The number of aliphatic hydroxyl groups is 1. The Balaban J connectivity index is 2.11. The molecular weight excluding hydrogens is 496 g/mol. The van der Waals surface area contributed by atoms with Crippen LogP contribution in [-0.2, 0) is 19.1 Å². The summed E-state index contributed by atoms with van der Waals surface area (Å²) in [4.78, 5) is 44.2. The van der Waals surface area contributed by atoms with Crippen molar-refractivity contribution in [1.29, 1.82) is 0 Å². The highest BCUT2D eigenvalue weighted by Crippen LogP contribution is 2.68. The number of aliphatic hydroxyl groups excluding tert-OH is 1. The number of hydrogen-bond donors (Lipinski definition) is 1. The molecule has 1 N–H and O–H groups in total. The summed E-state index contributed by atoms with van der Waals surface area (Å²) < 4.78 is 4.63.